The molecule has 0 saturated carbocycles. The van der Waals surface area contributed by atoms with Crippen LogP contribution in [0.3, 0.4) is 0 Å². The lowest BCUT2D eigenvalue weighted by atomic mass is 10.1. The smallest absolute Gasteiger partial charge is 0.326 e. The van der Waals surface area contributed by atoms with Gasteiger partial charge in [-0.05, 0) is 42.5 Å². The fraction of sp³-hybridized carbons (Fsp3) is 0.160. The fourth-order valence-corrected chi connectivity index (χ4v) is 3.87. The number of para-hydroxylation sites is 2. The first-order valence-corrected chi connectivity index (χ1v) is 10.2. The molecule has 7 heteroatoms. The van der Waals surface area contributed by atoms with Crippen molar-refractivity contribution in [3.05, 3.63) is 82.5 Å². The Morgan fingerprint density at radius 2 is 1.47 bits per heavy atom. The van der Waals surface area contributed by atoms with E-state index in [0.717, 1.165) is 0 Å². The predicted molar refractivity (Wildman–Crippen MR) is 118 cm³/mol. The highest BCUT2D eigenvalue weighted by atomic mass is 16.6. The molecule has 1 aliphatic heterocycles. The lowest BCUT2D eigenvalue weighted by Crippen LogP contribution is -2.21. The van der Waals surface area contributed by atoms with E-state index in [0.29, 0.717) is 52.1 Å². The first-order valence-electron chi connectivity index (χ1n) is 10.2. The van der Waals surface area contributed by atoms with Gasteiger partial charge in [0, 0.05) is 16.3 Å². The Kier molecular flexibility index (Phi) is 5.07. The quantitative estimate of drug-likeness (QED) is 0.275. The van der Waals surface area contributed by atoms with Crippen LogP contribution in [-0.2, 0) is 16.1 Å². The summed E-state index contributed by atoms with van der Waals surface area (Å²) >= 11 is 0. The number of pyridine rings is 1. The van der Waals surface area contributed by atoms with Crippen molar-refractivity contribution in [1.82, 2.24) is 4.57 Å². The minimum Gasteiger partial charge on any atom is -0.486 e. The molecule has 7 nitrogen and oxygen atoms in total. The third-order valence-electron chi connectivity index (χ3n) is 5.39. The molecular formula is C25H19NO6. The molecule has 32 heavy (non-hydrogen) atoms. The Balaban J connectivity index is 1.37. The highest BCUT2D eigenvalue weighted by molar-refractivity contribution is 5.99. The zero-order valence-electron chi connectivity index (χ0n) is 17.1. The maximum atomic E-state index is 12.8. The molecule has 2 heterocycles. The maximum Gasteiger partial charge on any atom is 0.326 e. The number of nitrogens with zero attached hydrogens (tertiary/aromatic N) is 1. The van der Waals surface area contributed by atoms with E-state index in [2.05, 4.69) is 0 Å². The average molecular weight is 429 g/mol. The number of rotatable bonds is 5. The number of carbonyl (C=O) groups excluding carboxylic acids is 2. The summed E-state index contributed by atoms with van der Waals surface area (Å²) in [6, 6.07) is 19.1. The zero-order valence-corrected chi connectivity index (χ0v) is 17.1. The van der Waals surface area contributed by atoms with Gasteiger partial charge in [0.15, 0.2) is 29.3 Å². The van der Waals surface area contributed by atoms with Crippen molar-refractivity contribution in [1.29, 1.82) is 0 Å². The molecular weight excluding hydrogens is 410 g/mol. The first-order chi connectivity index (χ1) is 15.6. The summed E-state index contributed by atoms with van der Waals surface area (Å²) in [5.41, 5.74) is 1.55. The van der Waals surface area contributed by atoms with Gasteiger partial charge in [-0.2, -0.15) is 0 Å². The normalized spacial score (nSPS) is 12.6. The largest absolute Gasteiger partial charge is 0.486 e. The van der Waals surface area contributed by atoms with Crippen LogP contribution in [0.5, 0.6) is 11.5 Å². The van der Waals surface area contributed by atoms with E-state index in [1.54, 1.807) is 59.2 Å². The topological polar surface area (TPSA) is 83.8 Å². The molecule has 0 spiro atoms. The van der Waals surface area contributed by atoms with Gasteiger partial charge in [0.2, 0.25) is 0 Å². The van der Waals surface area contributed by atoms with Crippen LogP contribution in [0.15, 0.2) is 71.5 Å². The second kappa shape index (κ2) is 8.19. The number of fused-ring (bicyclic) bond motifs is 3. The van der Waals surface area contributed by atoms with Crippen LogP contribution >= 0.6 is 0 Å². The Bertz CT molecular complexity index is 1360. The van der Waals surface area contributed by atoms with Crippen LogP contribution in [-0.4, -0.2) is 36.1 Å². The van der Waals surface area contributed by atoms with Gasteiger partial charge in [-0.25, -0.2) is 0 Å². The first kappa shape index (κ1) is 19.8. The van der Waals surface area contributed by atoms with Crippen molar-refractivity contribution in [2.75, 3.05) is 19.8 Å². The van der Waals surface area contributed by atoms with Crippen molar-refractivity contribution in [2.45, 2.75) is 6.54 Å². The molecule has 1 aliphatic rings. The summed E-state index contributed by atoms with van der Waals surface area (Å²) in [7, 11) is 0. The summed E-state index contributed by atoms with van der Waals surface area (Å²) < 4.78 is 18.0. The molecule has 160 valence electrons. The Labute approximate surface area is 182 Å². The minimum absolute atomic E-state index is 0.0883. The van der Waals surface area contributed by atoms with E-state index in [9.17, 15) is 14.4 Å². The van der Waals surface area contributed by atoms with E-state index in [4.69, 9.17) is 14.2 Å². The molecule has 0 radical (unpaired) electrons. The van der Waals surface area contributed by atoms with Gasteiger partial charge in [-0.3, -0.25) is 14.4 Å². The van der Waals surface area contributed by atoms with Crippen LogP contribution in [0.4, 0.5) is 0 Å². The number of carbonyl (C=O) groups is 2. The maximum absolute atomic E-state index is 12.8. The molecule has 0 saturated heterocycles. The average Bonchev–Trinajstić information content (AvgIpc) is 2.84. The highest BCUT2D eigenvalue weighted by Gasteiger charge is 2.18. The Morgan fingerprint density at radius 1 is 0.844 bits per heavy atom. The van der Waals surface area contributed by atoms with Crippen LogP contribution < -0.4 is 14.9 Å². The number of ketones is 1. The van der Waals surface area contributed by atoms with E-state index >= 15 is 0 Å². The predicted octanol–water partition coefficient (Wildman–Crippen LogP) is 3.35. The number of aromatic nitrogens is 1. The van der Waals surface area contributed by atoms with Gasteiger partial charge in [-0.1, -0.05) is 24.3 Å². The van der Waals surface area contributed by atoms with Crippen molar-refractivity contribution in [3.8, 4) is 11.5 Å². The van der Waals surface area contributed by atoms with Crippen molar-refractivity contribution in [3.63, 3.8) is 0 Å². The SMILES string of the molecule is O=C(Cn1c2ccccc2c(=O)c2ccccc21)OCC(=O)c1ccc2c(c1)OCCO2. The number of hydrogen-bond acceptors (Lipinski definition) is 6. The summed E-state index contributed by atoms with van der Waals surface area (Å²) in [5, 5.41) is 1.04. The monoisotopic (exact) mass is 429 g/mol. The number of ether oxygens (including phenoxy) is 3. The van der Waals surface area contributed by atoms with E-state index in [1.165, 1.54) is 0 Å². The van der Waals surface area contributed by atoms with Gasteiger partial charge in [0.1, 0.15) is 19.8 Å². The van der Waals surface area contributed by atoms with E-state index < -0.39 is 12.6 Å². The second-order valence-electron chi connectivity index (χ2n) is 7.39. The van der Waals surface area contributed by atoms with Crippen LogP contribution in [0.1, 0.15) is 10.4 Å². The van der Waals surface area contributed by atoms with Crippen molar-refractivity contribution >= 4 is 33.6 Å². The van der Waals surface area contributed by atoms with Gasteiger partial charge in [0.25, 0.3) is 0 Å². The highest BCUT2D eigenvalue weighted by Crippen LogP contribution is 2.30. The molecule has 0 bridgehead atoms. The summed E-state index contributed by atoms with van der Waals surface area (Å²) in [6.07, 6.45) is 0. The third kappa shape index (κ3) is 3.58. The molecule has 0 aliphatic carbocycles. The Morgan fingerprint density at radius 3 is 2.16 bits per heavy atom. The molecule has 0 unspecified atom stereocenters. The third-order valence-corrected chi connectivity index (χ3v) is 5.39. The molecule has 4 aromatic rings. The van der Waals surface area contributed by atoms with Gasteiger partial charge < -0.3 is 18.8 Å². The number of benzene rings is 3. The number of Topliss-reactive ketones (excluding diaryl/α,β-unsaturated/α-hetero) is 1. The standard InChI is InChI=1S/C25H19NO6/c27-21(16-9-10-22-23(13-16)31-12-11-30-22)15-32-24(28)14-26-19-7-3-1-5-17(19)25(29)18-6-2-4-8-20(18)26/h1-10,13H,11-12,14-15H2. The molecule has 0 atom stereocenters. The lowest BCUT2D eigenvalue weighted by Gasteiger charge is -2.18. The van der Waals surface area contributed by atoms with E-state index in [-0.39, 0.29) is 17.8 Å². The van der Waals surface area contributed by atoms with Gasteiger partial charge in [0.05, 0.1) is 11.0 Å². The zero-order chi connectivity index (χ0) is 22.1. The Hall–Kier alpha value is -4.13. The van der Waals surface area contributed by atoms with Crippen LogP contribution in [0.2, 0.25) is 0 Å². The fourth-order valence-electron chi connectivity index (χ4n) is 3.87. The molecule has 0 fully saturated rings. The van der Waals surface area contributed by atoms with Crippen molar-refractivity contribution < 1.29 is 23.8 Å². The summed E-state index contributed by atoms with van der Waals surface area (Å²) in [6.45, 7) is 0.359. The van der Waals surface area contributed by atoms with Crippen molar-refractivity contribution in [2.24, 2.45) is 0 Å². The molecule has 0 N–H and O–H groups in total. The molecule has 3 aromatic carbocycles. The summed E-state index contributed by atoms with van der Waals surface area (Å²) in [4.78, 5) is 38.0. The summed E-state index contributed by atoms with van der Waals surface area (Å²) in [5.74, 6) is 0.168. The minimum atomic E-state index is -0.574. The lowest BCUT2D eigenvalue weighted by molar-refractivity contribution is -0.143. The number of hydrogen-bond donors (Lipinski definition) is 0. The van der Waals surface area contributed by atoms with E-state index in [1.807, 2.05) is 12.1 Å². The van der Waals surface area contributed by atoms with Gasteiger partial charge >= 0.3 is 5.97 Å². The molecule has 5 rings (SSSR count). The van der Waals surface area contributed by atoms with Crippen LogP contribution in [0.25, 0.3) is 21.8 Å². The second-order valence-corrected chi connectivity index (χ2v) is 7.39. The molecule has 0 amide bonds. The number of esters is 1. The molecule has 1 aromatic heterocycles. The van der Waals surface area contributed by atoms with Gasteiger partial charge in [-0.15, -0.1) is 0 Å². The van der Waals surface area contributed by atoms with Crippen LogP contribution in [0, 0.1) is 0 Å².